The van der Waals surface area contributed by atoms with Crippen molar-refractivity contribution in [3.63, 3.8) is 0 Å². The highest BCUT2D eigenvalue weighted by Gasteiger charge is 2.42. The van der Waals surface area contributed by atoms with Gasteiger partial charge in [-0.1, -0.05) is 118 Å². The van der Waals surface area contributed by atoms with Gasteiger partial charge in [0.1, 0.15) is 6.10 Å². The van der Waals surface area contributed by atoms with Crippen molar-refractivity contribution in [2.45, 2.75) is 63.9 Å². The van der Waals surface area contributed by atoms with Gasteiger partial charge in [-0.2, -0.15) is 0 Å². The van der Waals surface area contributed by atoms with Crippen LogP contribution in [0.15, 0.2) is 91.0 Å². The van der Waals surface area contributed by atoms with Crippen LogP contribution in [0.4, 0.5) is 0 Å². The summed E-state index contributed by atoms with van der Waals surface area (Å²) >= 11 is 0. The lowest BCUT2D eigenvalue weighted by molar-refractivity contribution is -0.158. The minimum atomic E-state index is -0.300. The number of carbonyl (C=O) groups excluding carboxylic acids is 1. The van der Waals surface area contributed by atoms with Crippen molar-refractivity contribution >= 4 is 5.97 Å². The maximum absolute atomic E-state index is 13.7. The van der Waals surface area contributed by atoms with Gasteiger partial charge in [0.05, 0.1) is 5.92 Å². The van der Waals surface area contributed by atoms with Gasteiger partial charge in [0, 0.05) is 5.92 Å². The monoisotopic (exact) mass is 440 g/mol. The van der Waals surface area contributed by atoms with Gasteiger partial charge in [0.2, 0.25) is 0 Å². The first-order chi connectivity index (χ1) is 15.9. The van der Waals surface area contributed by atoms with Gasteiger partial charge in [-0.3, -0.25) is 4.79 Å². The van der Waals surface area contributed by atoms with Crippen LogP contribution < -0.4 is 0 Å². The Balaban J connectivity index is 1.59. The van der Waals surface area contributed by atoms with Crippen LogP contribution in [0.3, 0.4) is 0 Å². The molecule has 3 aromatic carbocycles. The summed E-state index contributed by atoms with van der Waals surface area (Å²) in [6, 6.07) is 31.0. The molecule has 0 aromatic heterocycles. The van der Waals surface area contributed by atoms with Gasteiger partial charge in [-0.25, -0.2) is 0 Å². The highest BCUT2D eigenvalue weighted by Crippen LogP contribution is 2.44. The molecule has 4 rings (SSSR count). The van der Waals surface area contributed by atoms with E-state index in [1.807, 2.05) is 48.5 Å². The summed E-state index contributed by atoms with van der Waals surface area (Å²) in [6.45, 7) is 6.90. The highest BCUT2D eigenvalue weighted by atomic mass is 16.5. The molecule has 0 saturated heterocycles. The van der Waals surface area contributed by atoms with Crippen LogP contribution in [0.25, 0.3) is 0 Å². The van der Waals surface area contributed by atoms with E-state index in [9.17, 15) is 4.79 Å². The Bertz CT molecular complexity index is 1010. The summed E-state index contributed by atoms with van der Waals surface area (Å²) in [5, 5.41) is 0. The van der Waals surface area contributed by atoms with Crippen LogP contribution in [0.2, 0.25) is 0 Å². The number of esters is 1. The third-order valence-corrected chi connectivity index (χ3v) is 7.54. The summed E-state index contributed by atoms with van der Waals surface area (Å²) in [7, 11) is 0. The van der Waals surface area contributed by atoms with Gasteiger partial charge < -0.3 is 4.74 Å². The molecule has 0 spiro atoms. The quantitative estimate of drug-likeness (QED) is 0.359. The number of hydrogen-bond acceptors (Lipinski definition) is 2. The average Bonchev–Trinajstić information content (AvgIpc) is 2.84. The largest absolute Gasteiger partial charge is 0.462 e. The number of rotatable bonds is 7. The Hall–Kier alpha value is -2.87. The second kappa shape index (κ2) is 10.4. The molecular weight excluding hydrogens is 404 g/mol. The zero-order chi connectivity index (χ0) is 23.3. The predicted octanol–water partition coefficient (Wildman–Crippen LogP) is 7.34. The number of benzene rings is 3. The fraction of sp³-hybridized carbons (Fsp3) is 0.387. The first kappa shape index (κ1) is 23.3. The second-order valence-corrected chi connectivity index (χ2v) is 10.2. The first-order valence-corrected chi connectivity index (χ1v) is 12.3. The highest BCUT2D eigenvalue weighted by molar-refractivity contribution is 5.78. The smallest absolute Gasteiger partial charge is 0.314 e. The molecule has 33 heavy (non-hydrogen) atoms. The number of ether oxygens (including phenoxy) is 1. The zero-order valence-electron chi connectivity index (χ0n) is 20.1. The van der Waals surface area contributed by atoms with Crippen molar-refractivity contribution in [3.05, 3.63) is 108 Å². The molecule has 1 aliphatic carbocycles. The fourth-order valence-corrected chi connectivity index (χ4v) is 5.47. The van der Waals surface area contributed by atoms with Crippen LogP contribution >= 0.6 is 0 Å². The normalized spacial score (nSPS) is 21.8. The van der Waals surface area contributed by atoms with E-state index in [4.69, 9.17) is 4.74 Å². The van der Waals surface area contributed by atoms with Crippen molar-refractivity contribution < 1.29 is 9.53 Å². The topological polar surface area (TPSA) is 26.3 Å². The Morgan fingerprint density at radius 3 is 2.09 bits per heavy atom. The lowest BCUT2D eigenvalue weighted by Crippen LogP contribution is -2.44. The first-order valence-electron chi connectivity index (χ1n) is 12.3. The van der Waals surface area contributed by atoms with E-state index in [-0.39, 0.29) is 23.4 Å². The molecule has 172 valence electrons. The lowest BCUT2D eigenvalue weighted by Gasteiger charge is -2.44. The molecule has 2 heteroatoms. The molecule has 2 nitrogen and oxygen atoms in total. The van der Waals surface area contributed by atoms with Crippen LogP contribution in [-0.2, 0) is 21.4 Å². The van der Waals surface area contributed by atoms with Crippen molar-refractivity contribution in [2.75, 3.05) is 0 Å². The van der Waals surface area contributed by atoms with E-state index in [0.717, 1.165) is 24.0 Å². The van der Waals surface area contributed by atoms with Gasteiger partial charge >= 0.3 is 5.97 Å². The fourth-order valence-electron chi connectivity index (χ4n) is 5.47. The van der Waals surface area contributed by atoms with E-state index in [1.165, 1.54) is 12.0 Å². The maximum atomic E-state index is 13.7. The lowest BCUT2D eigenvalue weighted by atomic mass is 9.64. The van der Waals surface area contributed by atoms with E-state index in [1.54, 1.807) is 0 Å². The maximum Gasteiger partial charge on any atom is 0.314 e. The van der Waals surface area contributed by atoms with Crippen molar-refractivity contribution in [3.8, 4) is 0 Å². The van der Waals surface area contributed by atoms with E-state index < -0.39 is 0 Å². The molecule has 0 unspecified atom stereocenters. The number of carbonyl (C=O) groups is 1. The molecule has 0 bridgehead atoms. The van der Waals surface area contributed by atoms with Crippen molar-refractivity contribution in [1.29, 1.82) is 0 Å². The summed E-state index contributed by atoms with van der Waals surface area (Å²) in [6.07, 6.45) is 3.77. The second-order valence-electron chi connectivity index (χ2n) is 10.2. The van der Waals surface area contributed by atoms with E-state index in [0.29, 0.717) is 18.3 Å². The third kappa shape index (κ3) is 5.55. The molecule has 1 fully saturated rings. The van der Waals surface area contributed by atoms with E-state index >= 15 is 0 Å². The number of hydrogen-bond donors (Lipinski definition) is 0. The molecule has 1 saturated carbocycles. The minimum Gasteiger partial charge on any atom is -0.462 e. The van der Waals surface area contributed by atoms with Gasteiger partial charge in [-0.15, -0.1) is 0 Å². The van der Waals surface area contributed by atoms with Gasteiger partial charge in [0.25, 0.3) is 0 Å². The average molecular weight is 441 g/mol. The third-order valence-electron chi connectivity index (χ3n) is 7.54. The van der Waals surface area contributed by atoms with Crippen LogP contribution in [-0.4, -0.2) is 12.1 Å². The molecule has 3 aromatic rings. The molecule has 1 aliphatic rings. The standard InChI is InChI=1S/C31H36O2/c1-23-19-20-28(31(2,3)26-17-11-6-12-18-26)29(21-23)33-30(32)27(25-15-9-5-10-16-25)22-24-13-7-4-8-14-24/h4-18,23,27-29H,19-22H2,1-3H3/t23-,27-,28-,29-/m1/s1. The SMILES string of the molecule is C[C@@H]1CC[C@@H](C(C)(C)c2ccccc2)[C@H](OC(=O)[C@H](Cc2ccccc2)c2ccccc2)C1. The summed E-state index contributed by atoms with van der Waals surface area (Å²) < 4.78 is 6.43. The van der Waals surface area contributed by atoms with Crippen LogP contribution in [0.5, 0.6) is 0 Å². The Morgan fingerprint density at radius 2 is 1.45 bits per heavy atom. The van der Waals surface area contributed by atoms with Crippen molar-refractivity contribution in [2.24, 2.45) is 11.8 Å². The Labute approximate surface area is 199 Å². The Kier molecular flexibility index (Phi) is 7.33. The molecule has 4 atom stereocenters. The molecule has 0 radical (unpaired) electrons. The van der Waals surface area contributed by atoms with Gasteiger partial charge in [-0.05, 0) is 47.3 Å². The van der Waals surface area contributed by atoms with Crippen LogP contribution in [0, 0.1) is 11.8 Å². The Morgan fingerprint density at radius 1 is 0.879 bits per heavy atom. The summed E-state index contributed by atoms with van der Waals surface area (Å²) in [4.78, 5) is 13.7. The van der Waals surface area contributed by atoms with Crippen LogP contribution in [0.1, 0.15) is 62.6 Å². The molecular formula is C31H36O2. The summed E-state index contributed by atoms with van der Waals surface area (Å²) in [5.74, 6) is 0.465. The van der Waals surface area contributed by atoms with Gasteiger partial charge in [0.15, 0.2) is 0 Å². The summed E-state index contributed by atoms with van der Waals surface area (Å²) in [5.41, 5.74) is 3.43. The molecule has 0 amide bonds. The van der Waals surface area contributed by atoms with Crippen molar-refractivity contribution in [1.82, 2.24) is 0 Å². The predicted molar refractivity (Wildman–Crippen MR) is 135 cm³/mol. The zero-order valence-corrected chi connectivity index (χ0v) is 20.1. The molecule has 0 aliphatic heterocycles. The minimum absolute atomic E-state index is 0.0615. The van der Waals surface area contributed by atoms with E-state index in [2.05, 4.69) is 63.2 Å². The molecule has 0 N–H and O–H groups in total. The molecule has 0 heterocycles.